The van der Waals surface area contributed by atoms with Crippen LogP contribution in [0.4, 0.5) is 0 Å². The molecule has 4 atom stereocenters. The standard InChI is InChI=1S/C16H26N2O4/c1-11-9-18(16(20)14-6-4-8-22-14)12(2)10-17(11)15(19)13-5-3-7-21-13/h11-14H,3-10H2,1-2H3. The van der Waals surface area contributed by atoms with Crippen LogP contribution in [0.15, 0.2) is 0 Å². The molecule has 4 unspecified atom stereocenters. The molecular formula is C16H26N2O4. The molecule has 3 aliphatic rings. The predicted octanol–water partition coefficient (Wildman–Crippen LogP) is 0.792. The average Bonchev–Trinajstić information content (AvgIpc) is 3.20. The van der Waals surface area contributed by atoms with E-state index in [1.54, 1.807) is 0 Å². The summed E-state index contributed by atoms with van der Waals surface area (Å²) < 4.78 is 11.0. The van der Waals surface area contributed by atoms with E-state index in [1.807, 2.05) is 23.6 Å². The van der Waals surface area contributed by atoms with Gasteiger partial charge < -0.3 is 19.3 Å². The number of hydrogen-bond donors (Lipinski definition) is 0. The van der Waals surface area contributed by atoms with Crippen LogP contribution in [0.1, 0.15) is 39.5 Å². The van der Waals surface area contributed by atoms with Crippen LogP contribution in [0.25, 0.3) is 0 Å². The largest absolute Gasteiger partial charge is 0.368 e. The summed E-state index contributed by atoms with van der Waals surface area (Å²) in [6.45, 7) is 6.54. The van der Waals surface area contributed by atoms with Crippen LogP contribution in [0.5, 0.6) is 0 Å². The molecule has 0 aliphatic carbocycles. The Morgan fingerprint density at radius 3 is 1.55 bits per heavy atom. The molecule has 3 fully saturated rings. The van der Waals surface area contributed by atoms with Gasteiger partial charge in [0.25, 0.3) is 11.8 Å². The van der Waals surface area contributed by atoms with Crippen LogP contribution >= 0.6 is 0 Å². The topological polar surface area (TPSA) is 59.1 Å². The zero-order valence-electron chi connectivity index (χ0n) is 13.5. The summed E-state index contributed by atoms with van der Waals surface area (Å²) in [7, 11) is 0. The van der Waals surface area contributed by atoms with Gasteiger partial charge in [-0.05, 0) is 39.5 Å². The third kappa shape index (κ3) is 2.99. The van der Waals surface area contributed by atoms with E-state index in [9.17, 15) is 9.59 Å². The zero-order chi connectivity index (χ0) is 15.7. The van der Waals surface area contributed by atoms with Gasteiger partial charge in [-0.2, -0.15) is 0 Å². The number of piperazine rings is 1. The maximum Gasteiger partial charge on any atom is 0.252 e. The van der Waals surface area contributed by atoms with E-state index < -0.39 is 0 Å². The summed E-state index contributed by atoms with van der Waals surface area (Å²) in [4.78, 5) is 28.9. The van der Waals surface area contributed by atoms with Crippen LogP contribution in [0, 0.1) is 0 Å². The maximum atomic E-state index is 12.6. The molecule has 0 radical (unpaired) electrons. The van der Waals surface area contributed by atoms with Crippen molar-refractivity contribution in [2.75, 3.05) is 26.3 Å². The van der Waals surface area contributed by atoms with Gasteiger partial charge in [0.15, 0.2) is 0 Å². The van der Waals surface area contributed by atoms with Gasteiger partial charge in [-0.1, -0.05) is 0 Å². The van der Waals surface area contributed by atoms with Crippen LogP contribution < -0.4 is 0 Å². The Hall–Kier alpha value is -1.14. The number of carbonyl (C=O) groups is 2. The highest BCUT2D eigenvalue weighted by Gasteiger charge is 2.40. The fraction of sp³-hybridized carbons (Fsp3) is 0.875. The minimum Gasteiger partial charge on any atom is -0.368 e. The average molecular weight is 310 g/mol. The normalized spacial score (nSPS) is 35.9. The first kappa shape index (κ1) is 15.7. The van der Waals surface area contributed by atoms with E-state index in [2.05, 4.69) is 0 Å². The van der Waals surface area contributed by atoms with E-state index in [-0.39, 0.29) is 36.1 Å². The van der Waals surface area contributed by atoms with E-state index in [0.717, 1.165) is 25.7 Å². The fourth-order valence-corrected chi connectivity index (χ4v) is 3.66. The first-order valence-electron chi connectivity index (χ1n) is 8.42. The lowest BCUT2D eigenvalue weighted by molar-refractivity contribution is -0.155. The quantitative estimate of drug-likeness (QED) is 0.757. The molecule has 0 aromatic carbocycles. The fourth-order valence-electron chi connectivity index (χ4n) is 3.66. The molecule has 2 amide bonds. The third-order valence-corrected chi connectivity index (χ3v) is 4.96. The van der Waals surface area contributed by atoms with Crippen molar-refractivity contribution in [3.8, 4) is 0 Å². The minimum absolute atomic E-state index is 0.0262. The van der Waals surface area contributed by atoms with Gasteiger partial charge in [0.05, 0.1) is 0 Å². The lowest BCUT2D eigenvalue weighted by Crippen LogP contribution is -2.62. The lowest BCUT2D eigenvalue weighted by atomic mass is 10.0. The number of carbonyl (C=O) groups excluding carboxylic acids is 2. The lowest BCUT2D eigenvalue weighted by Gasteiger charge is -2.45. The third-order valence-electron chi connectivity index (χ3n) is 4.96. The van der Waals surface area contributed by atoms with Gasteiger partial charge in [-0.25, -0.2) is 0 Å². The van der Waals surface area contributed by atoms with Crippen molar-refractivity contribution in [2.45, 2.75) is 63.8 Å². The molecule has 0 spiro atoms. The Morgan fingerprint density at radius 2 is 1.23 bits per heavy atom. The Balaban J connectivity index is 1.63. The van der Waals surface area contributed by atoms with Crippen molar-refractivity contribution in [2.24, 2.45) is 0 Å². The van der Waals surface area contributed by atoms with Gasteiger partial charge in [-0.15, -0.1) is 0 Å². The summed E-state index contributed by atoms with van der Waals surface area (Å²) in [5.41, 5.74) is 0. The molecule has 0 bridgehead atoms. The van der Waals surface area contributed by atoms with Crippen molar-refractivity contribution < 1.29 is 19.1 Å². The Morgan fingerprint density at radius 1 is 0.818 bits per heavy atom. The Bertz CT molecular complexity index is 390. The van der Waals surface area contributed by atoms with Crippen LogP contribution in [-0.2, 0) is 19.1 Å². The monoisotopic (exact) mass is 310 g/mol. The summed E-state index contributed by atoms with van der Waals surface area (Å²) in [5.74, 6) is 0.169. The first-order chi connectivity index (χ1) is 10.6. The van der Waals surface area contributed by atoms with Crippen molar-refractivity contribution >= 4 is 11.8 Å². The smallest absolute Gasteiger partial charge is 0.252 e. The molecule has 0 saturated carbocycles. The maximum absolute atomic E-state index is 12.6. The van der Waals surface area contributed by atoms with Crippen molar-refractivity contribution in [1.29, 1.82) is 0 Å². The highest BCUT2D eigenvalue weighted by molar-refractivity contribution is 5.84. The van der Waals surface area contributed by atoms with Gasteiger partial charge in [-0.3, -0.25) is 9.59 Å². The van der Waals surface area contributed by atoms with Gasteiger partial charge >= 0.3 is 0 Å². The van der Waals surface area contributed by atoms with Crippen LogP contribution in [0.3, 0.4) is 0 Å². The number of nitrogens with zero attached hydrogens (tertiary/aromatic N) is 2. The van der Waals surface area contributed by atoms with Crippen molar-refractivity contribution in [3.05, 3.63) is 0 Å². The second-order valence-corrected chi connectivity index (χ2v) is 6.68. The van der Waals surface area contributed by atoms with Crippen LogP contribution in [-0.4, -0.2) is 72.2 Å². The molecule has 22 heavy (non-hydrogen) atoms. The van der Waals surface area contributed by atoms with Crippen molar-refractivity contribution in [1.82, 2.24) is 9.80 Å². The molecule has 0 aromatic rings. The Kier molecular flexibility index (Phi) is 4.68. The zero-order valence-corrected chi connectivity index (χ0v) is 13.5. The van der Waals surface area contributed by atoms with Gasteiger partial charge in [0.2, 0.25) is 0 Å². The molecule has 3 saturated heterocycles. The molecule has 3 heterocycles. The predicted molar refractivity (Wildman–Crippen MR) is 80.3 cm³/mol. The number of ether oxygens (including phenoxy) is 2. The highest BCUT2D eigenvalue weighted by Crippen LogP contribution is 2.23. The van der Waals surface area contributed by atoms with E-state index in [0.29, 0.717) is 26.3 Å². The molecule has 124 valence electrons. The van der Waals surface area contributed by atoms with Gasteiger partial charge in [0, 0.05) is 38.4 Å². The molecule has 6 heteroatoms. The van der Waals surface area contributed by atoms with Crippen LogP contribution in [0.2, 0.25) is 0 Å². The van der Waals surface area contributed by atoms with E-state index in [1.165, 1.54) is 0 Å². The second-order valence-electron chi connectivity index (χ2n) is 6.68. The van der Waals surface area contributed by atoms with Crippen molar-refractivity contribution in [3.63, 3.8) is 0 Å². The SMILES string of the molecule is CC1CN(C(=O)C2CCCO2)C(C)CN1C(=O)C1CCCO1. The van der Waals surface area contributed by atoms with Gasteiger partial charge in [0.1, 0.15) is 12.2 Å². The number of hydrogen-bond acceptors (Lipinski definition) is 4. The molecule has 0 aromatic heterocycles. The molecule has 3 rings (SSSR count). The summed E-state index contributed by atoms with van der Waals surface area (Å²) in [6, 6.07) is 0.0523. The Labute approximate surface area is 131 Å². The summed E-state index contributed by atoms with van der Waals surface area (Å²) >= 11 is 0. The number of amides is 2. The molecule has 0 N–H and O–H groups in total. The number of rotatable bonds is 2. The van der Waals surface area contributed by atoms with E-state index >= 15 is 0 Å². The highest BCUT2D eigenvalue weighted by atomic mass is 16.5. The second kappa shape index (κ2) is 6.54. The molecule has 3 aliphatic heterocycles. The summed E-state index contributed by atoms with van der Waals surface area (Å²) in [5, 5.41) is 0. The first-order valence-corrected chi connectivity index (χ1v) is 8.42. The molecule has 6 nitrogen and oxygen atoms in total. The molecular weight excluding hydrogens is 284 g/mol. The summed E-state index contributed by atoms with van der Waals surface area (Å²) in [6.07, 6.45) is 2.98. The minimum atomic E-state index is -0.282. The van der Waals surface area contributed by atoms with E-state index in [4.69, 9.17) is 9.47 Å².